The van der Waals surface area contributed by atoms with Crippen LogP contribution < -0.4 is 5.73 Å². The zero-order valence-corrected chi connectivity index (χ0v) is 8.86. The summed E-state index contributed by atoms with van der Waals surface area (Å²) >= 11 is 1.66. The second kappa shape index (κ2) is 4.05. The molecule has 0 spiro atoms. The van der Waals surface area contributed by atoms with Crippen molar-refractivity contribution in [3.63, 3.8) is 0 Å². The quantitative estimate of drug-likeness (QED) is 0.793. The van der Waals surface area contributed by atoms with Crippen molar-refractivity contribution < 1.29 is 0 Å². The van der Waals surface area contributed by atoms with Gasteiger partial charge in [0.15, 0.2) is 0 Å². The van der Waals surface area contributed by atoms with E-state index < -0.39 is 0 Å². The average molecular weight is 215 g/mol. The standard InChI is InChI=1S/C9H10N2S.ClH/c1-6(10)7-2-3-9-8(4-7)11-5-12-9;/h2-6H,10H2,1H3;1H/t6-;/m1./s1. The van der Waals surface area contributed by atoms with Crippen molar-refractivity contribution >= 4 is 34.0 Å². The summed E-state index contributed by atoms with van der Waals surface area (Å²) in [6.45, 7) is 1.98. The summed E-state index contributed by atoms with van der Waals surface area (Å²) in [6.07, 6.45) is 0. The number of hydrogen-bond acceptors (Lipinski definition) is 3. The normalized spacial score (nSPS) is 12.5. The molecule has 0 saturated carbocycles. The molecule has 0 amide bonds. The maximum Gasteiger partial charge on any atom is 0.0815 e. The van der Waals surface area contributed by atoms with Gasteiger partial charge in [-0.05, 0) is 24.6 Å². The molecule has 0 aliphatic heterocycles. The van der Waals surface area contributed by atoms with Gasteiger partial charge in [0.25, 0.3) is 0 Å². The lowest BCUT2D eigenvalue weighted by Crippen LogP contribution is -2.04. The summed E-state index contributed by atoms with van der Waals surface area (Å²) < 4.78 is 1.22. The molecule has 2 aromatic rings. The third-order valence-corrected chi connectivity index (χ3v) is 2.69. The molecule has 2 rings (SSSR count). The molecule has 0 aliphatic carbocycles. The highest BCUT2D eigenvalue weighted by Crippen LogP contribution is 2.21. The fourth-order valence-electron chi connectivity index (χ4n) is 1.16. The van der Waals surface area contributed by atoms with Crippen LogP contribution in [0.25, 0.3) is 10.2 Å². The summed E-state index contributed by atoms with van der Waals surface area (Å²) in [5, 5.41) is 0. The van der Waals surface area contributed by atoms with E-state index in [4.69, 9.17) is 5.73 Å². The van der Waals surface area contributed by atoms with E-state index in [2.05, 4.69) is 23.2 Å². The molecule has 1 heterocycles. The van der Waals surface area contributed by atoms with Gasteiger partial charge in [0, 0.05) is 6.04 Å². The molecule has 0 bridgehead atoms. The lowest BCUT2D eigenvalue weighted by molar-refractivity contribution is 0.820. The topological polar surface area (TPSA) is 38.9 Å². The molecule has 13 heavy (non-hydrogen) atoms. The lowest BCUT2D eigenvalue weighted by Gasteiger charge is -2.03. The van der Waals surface area contributed by atoms with Gasteiger partial charge < -0.3 is 5.73 Å². The molecule has 1 aromatic carbocycles. The van der Waals surface area contributed by atoms with Crippen LogP contribution in [-0.4, -0.2) is 4.98 Å². The molecule has 0 aliphatic rings. The third-order valence-electron chi connectivity index (χ3n) is 1.88. The second-order valence-electron chi connectivity index (χ2n) is 2.87. The zero-order valence-electron chi connectivity index (χ0n) is 7.23. The Morgan fingerprint density at radius 3 is 2.92 bits per heavy atom. The molecule has 0 saturated heterocycles. The van der Waals surface area contributed by atoms with Crippen LogP contribution in [0.2, 0.25) is 0 Å². The van der Waals surface area contributed by atoms with Crippen LogP contribution in [0.4, 0.5) is 0 Å². The van der Waals surface area contributed by atoms with Crippen LogP contribution in [-0.2, 0) is 0 Å². The Bertz CT molecular complexity index is 397. The first-order chi connectivity index (χ1) is 5.77. The number of nitrogens with two attached hydrogens (primary N) is 1. The molecule has 2 N–H and O–H groups in total. The molecular weight excluding hydrogens is 204 g/mol. The first-order valence-corrected chi connectivity index (χ1v) is 4.74. The lowest BCUT2D eigenvalue weighted by atomic mass is 10.1. The monoisotopic (exact) mass is 214 g/mol. The molecule has 2 nitrogen and oxygen atoms in total. The molecule has 1 atom stereocenters. The van der Waals surface area contributed by atoms with E-state index in [0.717, 1.165) is 11.1 Å². The van der Waals surface area contributed by atoms with Crippen LogP contribution in [0, 0.1) is 0 Å². The van der Waals surface area contributed by atoms with Crippen molar-refractivity contribution in [3.05, 3.63) is 29.3 Å². The van der Waals surface area contributed by atoms with Gasteiger partial charge >= 0.3 is 0 Å². The van der Waals surface area contributed by atoms with Crippen molar-refractivity contribution in [1.82, 2.24) is 4.98 Å². The van der Waals surface area contributed by atoms with Crippen molar-refractivity contribution in [1.29, 1.82) is 0 Å². The Balaban J connectivity index is 0.000000845. The fourth-order valence-corrected chi connectivity index (χ4v) is 1.82. The number of aromatic nitrogens is 1. The van der Waals surface area contributed by atoms with Crippen molar-refractivity contribution in [2.45, 2.75) is 13.0 Å². The smallest absolute Gasteiger partial charge is 0.0815 e. The van der Waals surface area contributed by atoms with Crippen LogP contribution in [0.15, 0.2) is 23.7 Å². The molecule has 0 fully saturated rings. The van der Waals surface area contributed by atoms with Gasteiger partial charge in [0.05, 0.1) is 15.7 Å². The number of fused-ring (bicyclic) bond motifs is 1. The van der Waals surface area contributed by atoms with Crippen LogP contribution >= 0.6 is 23.7 Å². The Hall–Kier alpha value is -0.640. The van der Waals surface area contributed by atoms with E-state index in [1.54, 1.807) is 11.3 Å². The van der Waals surface area contributed by atoms with Crippen molar-refractivity contribution in [2.75, 3.05) is 0 Å². The first-order valence-electron chi connectivity index (χ1n) is 3.86. The number of rotatable bonds is 1. The third kappa shape index (κ3) is 1.99. The van der Waals surface area contributed by atoms with Gasteiger partial charge in [-0.25, -0.2) is 4.98 Å². The SMILES string of the molecule is C[C@@H](N)c1ccc2scnc2c1.Cl. The minimum atomic E-state index is 0. The average Bonchev–Trinajstić information content (AvgIpc) is 2.49. The fraction of sp³-hybridized carbons (Fsp3) is 0.222. The predicted octanol–water partition coefficient (Wildman–Crippen LogP) is 2.74. The van der Waals surface area contributed by atoms with E-state index in [1.807, 2.05) is 12.4 Å². The highest BCUT2D eigenvalue weighted by molar-refractivity contribution is 7.16. The summed E-state index contributed by atoms with van der Waals surface area (Å²) in [5.41, 5.74) is 9.80. The highest BCUT2D eigenvalue weighted by atomic mass is 35.5. The molecule has 70 valence electrons. The number of thiazole rings is 1. The molecule has 4 heteroatoms. The Morgan fingerprint density at radius 2 is 2.23 bits per heavy atom. The Kier molecular flexibility index (Phi) is 3.25. The summed E-state index contributed by atoms with van der Waals surface area (Å²) in [5.74, 6) is 0. The highest BCUT2D eigenvalue weighted by Gasteiger charge is 2.01. The zero-order chi connectivity index (χ0) is 8.55. The number of hydrogen-bond donors (Lipinski definition) is 1. The molecular formula is C9H11ClN2S. The van der Waals surface area contributed by atoms with Gasteiger partial charge in [-0.1, -0.05) is 6.07 Å². The predicted molar refractivity (Wildman–Crippen MR) is 59.5 cm³/mol. The van der Waals surface area contributed by atoms with E-state index in [-0.39, 0.29) is 18.4 Å². The summed E-state index contributed by atoms with van der Waals surface area (Å²) in [7, 11) is 0. The van der Waals surface area contributed by atoms with Crippen molar-refractivity contribution in [3.8, 4) is 0 Å². The van der Waals surface area contributed by atoms with Gasteiger partial charge in [0.1, 0.15) is 0 Å². The van der Waals surface area contributed by atoms with E-state index >= 15 is 0 Å². The minimum absolute atomic E-state index is 0. The van der Waals surface area contributed by atoms with Gasteiger partial charge in [-0.2, -0.15) is 0 Å². The maximum absolute atomic E-state index is 5.75. The number of nitrogens with zero attached hydrogens (tertiary/aromatic N) is 1. The number of halogens is 1. The van der Waals surface area contributed by atoms with Gasteiger partial charge in [-0.15, -0.1) is 23.7 Å². The molecule has 0 unspecified atom stereocenters. The minimum Gasteiger partial charge on any atom is -0.324 e. The van der Waals surface area contributed by atoms with Crippen LogP contribution in [0.5, 0.6) is 0 Å². The van der Waals surface area contributed by atoms with E-state index in [0.29, 0.717) is 0 Å². The molecule has 1 aromatic heterocycles. The summed E-state index contributed by atoms with van der Waals surface area (Å²) in [4.78, 5) is 4.22. The second-order valence-corrected chi connectivity index (χ2v) is 3.75. The maximum atomic E-state index is 5.75. The number of benzene rings is 1. The van der Waals surface area contributed by atoms with Gasteiger partial charge in [-0.3, -0.25) is 0 Å². The van der Waals surface area contributed by atoms with Crippen LogP contribution in [0.3, 0.4) is 0 Å². The largest absolute Gasteiger partial charge is 0.324 e. The van der Waals surface area contributed by atoms with E-state index in [1.165, 1.54) is 4.70 Å². The molecule has 0 radical (unpaired) electrons. The van der Waals surface area contributed by atoms with E-state index in [9.17, 15) is 0 Å². The van der Waals surface area contributed by atoms with Crippen molar-refractivity contribution in [2.24, 2.45) is 5.73 Å². The Morgan fingerprint density at radius 1 is 1.46 bits per heavy atom. The first kappa shape index (κ1) is 10.4. The summed E-state index contributed by atoms with van der Waals surface area (Å²) in [6, 6.07) is 6.28. The Labute approximate surface area is 87.2 Å². The van der Waals surface area contributed by atoms with Gasteiger partial charge in [0.2, 0.25) is 0 Å². The van der Waals surface area contributed by atoms with Crippen LogP contribution in [0.1, 0.15) is 18.5 Å².